The molecule has 0 saturated carbocycles. The fourth-order valence-corrected chi connectivity index (χ4v) is 1.79. The molecule has 1 aromatic rings. The minimum atomic E-state index is -0.226. The van der Waals surface area contributed by atoms with Crippen LogP contribution in [0.2, 0.25) is 0 Å². The van der Waals surface area contributed by atoms with Crippen LogP contribution in [0.4, 0.5) is 0 Å². The third-order valence-corrected chi connectivity index (χ3v) is 2.49. The first-order valence-corrected chi connectivity index (χ1v) is 4.71. The number of aliphatic hydroxyl groups excluding tert-OH is 1. The van der Waals surface area contributed by atoms with Gasteiger partial charge in [-0.15, -0.1) is 0 Å². The van der Waals surface area contributed by atoms with Crippen LogP contribution in [-0.4, -0.2) is 11.2 Å². The van der Waals surface area contributed by atoms with Gasteiger partial charge in [-0.3, -0.25) is 0 Å². The maximum absolute atomic E-state index is 9.35. The second kappa shape index (κ2) is 3.35. The number of hydrogen-bond acceptors (Lipinski definition) is 1. The molecule has 68 valence electrons. The van der Waals surface area contributed by atoms with Gasteiger partial charge in [0, 0.05) is 0 Å². The van der Waals surface area contributed by atoms with E-state index in [9.17, 15) is 5.11 Å². The lowest BCUT2D eigenvalue weighted by Crippen LogP contribution is -1.93. The number of hydrogen-bond donors (Lipinski definition) is 1. The lowest BCUT2D eigenvalue weighted by atomic mass is 10.0. The van der Waals surface area contributed by atoms with Crippen LogP contribution in [0.1, 0.15) is 24.0 Å². The Bertz CT molecular complexity index is 339. The molecule has 0 saturated heterocycles. The maximum Gasteiger partial charge on any atom is 0.0730 e. The Morgan fingerprint density at radius 1 is 1.38 bits per heavy atom. The molecule has 1 aliphatic carbocycles. The molecule has 1 aromatic carbocycles. The lowest BCUT2D eigenvalue weighted by molar-refractivity contribution is 0.223. The van der Waals surface area contributed by atoms with E-state index in [2.05, 4.69) is 31.2 Å². The van der Waals surface area contributed by atoms with Crippen LogP contribution in [0.3, 0.4) is 0 Å². The number of rotatable bonds is 1. The van der Waals surface area contributed by atoms with Crippen molar-refractivity contribution in [2.24, 2.45) is 0 Å². The van der Waals surface area contributed by atoms with Crippen LogP contribution in [-0.2, 0) is 0 Å². The van der Waals surface area contributed by atoms with E-state index in [-0.39, 0.29) is 6.10 Å². The second-order valence-electron chi connectivity index (χ2n) is 3.67. The topological polar surface area (TPSA) is 20.2 Å². The van der Waals surface area contributed by atoms with E-state index >= 15 is 0 Å². The molecule has 0 amide bonds. The predicted molar refractivity (Wildman–Crippen MR) is 54.4 cm³/mol. The minimum absolute atomic E-state index is 0.226. The zero-order valence-electron chi connectivity index (χ0n) is 7.83. The van der Waals surface area contributed by atoms with Gasteiger partial charge in [0.15, 0.2) is 0 Å². The van der Waals surface area contributed by atoms with E-state index in [0.29, 0.717) is 0 Å². The van der Waals surface area contributed by atoms with E-state index in [1.807, 2.05) is 6.08 Å². The molecule has 1 unspecified atom stereocenters. The van der Waals surface area contributed by atoms with Gasteiger partial charge in [0.05, 0.1) is 6.10 Å². The molecule has 0 aromatic heterocycles. The van der Waals surface area contributed by atoms with Crippen LogP contribution in [0.5, 0.6) is 0 Å². The predicted octanol–water partition coefficient (Wildman–Crippen LogP) is 2.53. The van der Waals surface area contributed by atoms with Crippen molar-refractivity contribution in [1.29, 1.82) is 0 Å². The van der Waals surface area contributed by atoms with Crippen molar-refractivity contribution in [1.82, 2.24) is 0 Å². The van der Waals surface area contributed by atoms with Gasteiger partial charge in [-0.2, -0.15) is 0 Å². The van der Waals surface area contributed by atoms with Gasteiger partial charge in [0.1, 0.15) is 0 Å². The summed E-state index contributed by atoms with van der Waals surface area (Å²) in [7, 11) is 0. The summed E-state index contributed by atoms with van der Waals surface area (Å²) in [6, 6.07) is 8.44. The Morgan fingerprint density at radius 3 is 2.85 bits per heavy atom. The highest BCUT2D eigenvalue weighted by molar-refractivity contribution is 5.68. The molecule has 0 aliphatic heterocycles. The van der Waals surface area contributed by atoms with E-state index in [1.54, 1.807) is 0 Å². The van der Waals surface area contributed by atoms with Gasteiger partial charge >= 0.3 is 0 Å². The van der Waals surface area contributed by atoms with E-state index in [1.165, 1.54) is 16.7 Å². The molecule has 1 heteroatoms. The first kappa shape index (κ1) is 8.52. The molecule has 0 spiro atoms. The SMILES string of the molecule is Cc1cccc(C2=CC(O)CC2)c1. The number of aryl methyl sites for hydroxylation is 1. The first-order chi connectivity index (χ1) is 6.25. The third-order valence-electron chi connectivity index (χ3n) is 2.49. The van der Waals surface area contributed by atoms with E-state index in [4.69, 9.17) is 0 Å². The van der Waals surface area contributed by atoms with Crippen LogP contribution in [0.25, 0.3) is 5.57 Å². The molecule has 1 N–H and O–H groups in total. The zero-order chi connectivity index (χ0) is 9.26. The lowest BCUT2D eigenvalue weighted by Gasteiger charge is -2.02. The van der Waals surface area contributed by atoms with E-state index < -0.39 is 0 Å². The average molecular weight is 174 g/mol. The maximum atomic E-state index is 9.35. The summed E-state index contributed by atoms with van der Waals surface area (Å²) in [6.07, 6.45) is 3.62. The summed E-state index contributed by atoms with van der Waals surface area (Å²) in [4.78, 5) is 0. The molecule has 1 aliphatic rings. The fraction of sp³-hybridized carbons (Fsp3) is 0.333. The molecule has 2 rings (SSSR count). The highest BCUT2D eigenvalue weighted by Gasteiger charge is 2.13. The van der Waals surface area contributed by atoms with Crippen molar-refractivity contribution in [3.05, 3.63) is 41.5 Å². The normalized spacial score (nSPS) is 21.7. The molecular formula is C12H14O. The molecule has 0 fully saturated rings. The van der Waals surface area contributed by atoms with Crippen LogP contribution in [0.15, 0.2) is 30.3 Å². The van der Waals surface area contributed by atoms with Gasteiger partial charge in [-0.1, -0.05) is 35.9 Å². The fourth-order valence-electron chi connectivity index (χ4n) is 1.79. The van der Waals surface area contributed by atoms with Crippen LogP contribution in [0, 0.1) is 6.92 Å². The van der Waals surface area contributed by atoms with Crippen molar-refractivity contribution in [2.45, 2.75) is 25.9 Å². The standard InChI is InChI=1S/C12H14O/c1-9-3-2-4-10(7-9)11-5-6-12(13)8-11/h2-4,7-8,12-13H,5-6H2,1H3. The molecule has 1 atom stereocenters. The van der Waals surface area contributed by atoms with E-state index in [0.717, 1.165) is 12.8 Å². The highest BCUT2D eigenvalue weighted by atomic mass is 16.3. The smallest absolute Gasteiger partial charge is 0.0730 e. The van der Waals surface area contributed by atoms with Gasteiger partial charge in [-0.25, -0.2) is 0 Å². The second-order valence-corrected chi connectivity index (χ2v) is 3.67. The van der Waals surface area contributed by atoms with Crippen molar-refractivity contribution in [3.8, 4) is 0 Å². The van der Waals surface area contributed by atoms with Crippen molar-refractivity contribution in [3.63, 3.8) is 0 Å². The van der Waals surface area contributed by atoms with Gasteiger partial charge < -0.3 is 5.11 Å². The Kier molecular flexibility index (Phi) is 2.19. The first-order valence-electron chi connectivity index (χ1n) is 4.71. The molecule has 0 bridgehead atoms. The monoisotopic (exact) mass is 174 g/mol. The minimum Gasteiger partial charge on any atom is -0.389 e. The summed E-state index contributed by atoms with van der Waals surface area (Å²) in [6.45, 7) is 2.09. The molecular weight excluding hydrogens is 160 g/mol. The summed E-state index contributed by atoms with van der Waals surface area (Å²) in [5.41, 5.74) is 3.83. The number of allylic oxidation sites excluding steroid dienone is 1. The van der Waals surface area contributed by atoms with Gasteiger partial charge in [-0.05, 0) is 30.9 Å². The highest BCUT2D eigenvalue weighted by Crippen LogP contribution is 2.27. The quantitative estimate of drug-likeness (QED) is 0.693. The van der Waals surface area contributed by atoms with Crippen LogP contribution >= 0.6 is 0 Å². The van der Waals surface area contributed by atoms with Gasteiger partial charge in [0.2, 0.25) is 0 Å². The Balaban J connectivity index is 2.31. The van der Waals surface area contributed by atoms with Crippen molar-refractivity contribution in [2.75, 3.05) is 0 Å². The summed E-state index contributed by atoms with van der Waals surface area (Å²) in [5, 5.41) is 9.35. The van der Waals surface area contributed by atoms with Gasteiger partial charge in [0.25, 0.3) is 0 Å². The van der Waals surface area contributed by atoms with Crippen LogP contribution < -0.4 is 0 Å². The number of benzene rings is 1. The number of aliphatic hydroxyl groups is 1. The third kappa shape index (κ3) is 1.81. The summed E-state index contributed by atoms with van der Waals surface area (Å²) >= 11 is 0. The molecule has 0 radical (unpaired) electrons. The van der Waals surface area contributed by atoms with Crippen molar-refractivity contribution < 1.29 is 5.11 Å². The zero-order valence-corrected chi connectivity index (χ0v) is 7.83. The molecule has 1 nitrogen and oxygen atoms in total. The summed E-state index contributed by atoms with van der Waals surface area (Å²) in [5.74, 6) is 0. The molecule has 13 heavy (non-hydrogen) atoms. The Hall–Kier alpha value is -1.08. The summed E-state index contributed by atoms with van der Waals surface area (Å²) < 4.78 is 0. The molecule has 0 heterocycles. The Morgan fingerprint density at radius 2 is 2.23 bits per heavy atom. The van der Waals surface area contributed by atoms with Crippen molar-refractivity contribution >= 4 is 5.57 Å². The Labute approximate surface area is 78.7 Å². The average Bonchev–Trinajstić information content (AvgIpc) is 2.52. The largest absolute Gasteiger partial charge is 0.389 e.